The van der Waals surface area contributed by atoms with Gasteiger partial charge in [0.1, 0.15) is 6.61 Å². The van der Waals surface area contributed by atoms with E-state index in [4.69, 9.17) is 16.3 Å². The summed E-state index contributed by atoms with van der Waals surface area (Å²) in [4.78, 5) is 16.2. The molecule has 6 nitrogen and oxygen atoms in total. The molecule has 3 rings (SSSR count). The predicted octanol–water partition coefficient (Wildman–Crippen LogP) is 3.75. The fourth-order valence-corrected chi connectivity index (χ4v) is 3.61. The van der Waals surface area contributed by atoms with E-state index in [1.165, 1.54) is 6.42 Å². The summed E-state index contributed by atoms with van der Waals surface area (Å²) in [7, 11) is 3.54. The zero-order valence-electron chi connectivity index (χ0n) is 16.8. The zero-order chi connectivity index (χ0) is 20.2. The van der Waals surface area contributed by atoms with Crippen LogP contribution in [0.3, 0.4) is 0 Å². The predicted molar refractivity (Wildman–Crippen MR) is 103 cm³/mol. The molecule has 1 aliphatic heterocycles. The normalized spacial score (nSPS) is 26.4. The average molecular weight is 406 g/mol. The van der Waals surface area contributed by atoms with E-state index >= 15 is 0 Å². The van der Waals surface area contributed by atoms with Crippen molar-refractivity contribution in [2.75, 3.05) is 45.2 Å². The van der Waals surface area contributed by atoms with Crippen LogP contribution in [0.25, 0.3) is 0 Å². The Morgan fingerprint density at radius 2 is 1.93 bits per heavy atom. The van der Waals surface area contributed by atoms with E-state index in [0.29, 0.717) is 11.9 Å². The molecule has 0 amide bonds. The van der Waals surface area contributed by atoms with Crippen molar-refractivity contribution < 1.29 is 13.5 Å². The third-order valence-electron chi connectivity index (χ3n) is 4.82. The van der Waals surface area contributed by atoms with Crippen molar-refractivity contribution in [2.45, 2.75) is 46.0 Å². The topological polar surface area (TPSA) is 54.4 Å². The van der Waals surface area contributed by atoms with E-state index in [2.05, 4.69) is 21.9 Å². The van der Waals surface area contributed by atoms with Gasteiger partial charge in [0.2, 0.25) is 11.2 Å². The first kappa shape index (κ1) is 22.0. The molecule has 27 heavy (non-hydrogen) atoms. The number of aromatic nitrogens is 3. The number of hydrogen-bond acceptors (Lipinski definition) is 6. The maximum absolute atomic E-state index is 13.8. The van der Waals surface area contributed by atoms with Gasteiger partial charge in [-0.15, -0.1) is 0 Å². The lowest BCUT2D eigenvalue weighted by Crippen LogP contribution is -2.36. The minimum Gasteiger partial charge on any atom is -0.462 e. The van der Waals surface area contributed by atoms with Gasteiger partial charge in [0.15, 0.2) is 0 Å². The molecular formula is C18H30ClF2N5O. The third kappa shape index (κ3) is 5.38. The van der Waals surface area contributed by atoms with E-state index in [9.17, 15) is 8.78 Å². The quantitative estimate of drug-likeness (QED) is 0.718. The molecule has 2 atom stereocenters. The lowest BCUT2D eigenvalue weighted by molar-refractivity contribution is 0.0287. The molecule has 2 unspecified atom stereocenters. The van der Waals surface area contributed by atoms with E-state index in [1.807, 2.05) is 18.7 Å². The highest BCUT2D eigenvalue weighted by Gasteiger charge is 2.71. The number of nitrogens with zero attached hydrogens (tertiary/aromatic N) is 5. The van der Waals surface area contributed by atoms with E-state index in [-0.39, 0.29) is 30.9 Å². The number of hydrogen-bond donors (Lipinski definition) is 0. The number of halogens is 3. The first-order valence-electron chi connectivity index (χ1n) is 9.53. The number of rotatable bonds is 6. The Hall–Kier alpha value is -1.28. The molecule has 0 bridgehead atoms. The number of anilines is 1. The van der Waals surface area contributed by atoms with Crippen LogP contribution in [0.15, 0.2) is 0 Å². The molecule has 1 aromatic rings. The summed E-state index contributed by atoms with van der Waals surface area (Å²) in [6, 6.07) is 0.00839. The SMILES string of the molecule is CC.CC1CCCN(c2nc(Cl)nc(OCC3(CN(C)C)CC3(F)F)n2)C1. The van der Waals surface area contributed by atoms with Crippen molar-refractivity contribution in [2.24, 2.45) is 11.3 Å². The summed E-state index contributed by atoms with van der Waals surface area (Å²) in [5, 5.41) is 0.0162. The van der Waals surface area contributed by atoms with Gasteiger partial charge in [-0.1, -0.05) is 20.8 Å². The van der Waals surface area contributed by atoms with Crippen LogP contribution in [0.2, 0.25) is 5.28 Å². The van der Waals surface area contributed by atoms with Gasteiger partial charge in [0.05, 0.1) is 5.41 Å². The number of piperidine rings is 1. The summed E-state index contributed by atoms with van der Waals surface area (Å²) < 4.78 is 33.2. The van der Waals surface area contributed by atoms with Gasteiger partial charge >= 0.3 is 6.01 Å². The Labute approximate surface area is 165 Å². The Morgan fingerprint density at radius 1 is 1.26 bits per heavy atom. The second kappa shape index (κ2) is 8.82. The second-order valence-corrected chi connectivity index (χ2v) is 7.91. The van der Waals surface area contributed by atoms with Gasteiger partial charge in [0, 0.05) is 26.1 Å². The highest BCUT2D eigenvalue weighted by molar-refractivity contribution is 6.28. The molecule has 9 heteroatoms. The second-order valence-electron chi connectivity index (χ2n) is 7.57. The highest BCUT2D eigenvalue weighted by Crippen LogP contribution is 2.60. The summed E-state index contributed by atoms with van der Waals surface area (Å²) in [5.74, 6) is -1.73. The van der Waals surface area contributed by atoms with Gasteiger partial charge in [-0.3, -0.25) is 0 Å². The molecule has 1 saturated heterocycles. The van der Waals surface area contributed by atoms with E-state index in [1.54, 1.807) is 19.0 Å². The van der Waals surface area contributed by atoms with Crippen LogP contribution in [-0.2, 0) is 0 Å². The largest absolute Gasteiger partial charge is 0.462 e. The molecule has 1 aliphatic carbocycles. The monoisotopic (exact) mass is 405 g/mol. The van der Waals surface area contributed by atoms with Crippen LogP contribution in [0.4, 0.5) is 14.7 Å². The Kier molecular flexibility index (Phi) is 7.19. The van der Waals surface area contributed by atoms with Crippen molar-refractivity contribution in [1.29, 1.82) is 0 Å². The van der Waals surface area contributed by atoms with Crippen LogP contribution in [0.5, 0.6) is 6.01 Å². The van der Waals surface area contributed by atoms with Crippen molar-refractivity contribution in [3.8, 4) is 6.01 Å². The fraction of sp³-hybridized carbons (Fsp3) is 0.833. The molecule has 1 aromatic heterocycles. The van der Waals surface area contributed by atoms with Gasteiger partial charge in [-0.2, -0.15) is 15.0 Å². The molecule has 0 N–H and O–H groups in total. The van der Waals surface area contributed by atoms with Crippen LogP contribution >= 0.6 is 11.6 Å². The van der Waals surface area contributed by atoms with E-state index < -0.39 is 11.3 Å². The molecule has 1 saturated carbocycles. The Morgan fingerprint density at radius 3 is 2.48 bits per heavy atom. The smallest absolute Gasteiger partial charge is 0.322 e. The van der Waals surface area contributed by atoms with E-state index in [0.717, 1.165) is 19.5 Å². The standard InChI is InChI=1S/C16H24ClF2N5O.C2H6/c1-11-5-4-6-24(7-11)13-20-12(17)21-14(22-13)25-10-15(9-23(2)3)8-16(15,18)19;1-2/h11H,4-10H2,1-3H3;1-2H3. The zero-order valence-corrected chi connectivity index (χ0v) is 17.6. The molecular weight excluding hydrogens is 376 g/mol. The maximum Gasteiger partial charge on any atom is 0.322 e. The number of ether oxygens (including phenoxy) is 1. The highest BCUT2D eigenvalue weighted by atomic mass is 35.5. The third-order valence-corrected chi connectivity index (χ3v) is 4.99. The summed E-state index contributed by atoms with van der Waals surface area (Å²) in [6.45, 7) is 7.95. The van der Waals surface area contributed by atoms with Crippen LogP contribution < -0.4 is 9.64 Å². The summed E-state index contributed by atoms with van der Waals surface area (Å²) in [6.07, 6.45) is 2.03. The van der Waals surface area contributed by atoms with Crippen LogP contribution in [0.1, 0.15) is 40.0 Å². The average Bonchev–Trinajstić information content (AvgIpc) is 3.14. The molecule has 0 radical (unpaired) electrons. The van der Waals surface area contributed by atoms with Crippen molar-refractivity contribution in [3.05, 3.63) is 5.28 Å². The molecule has 2 aliphatic rings. The van der Waals surface area contributed by atoms with Crippen LogP contribution in [-0.4, -0.2) is 66.1 Å². The van der Waals surface area contributed by atoms with Crippen molar-refractivity contribution in [3.63, 3.8) is 0 Å². The molecule has 2 heterocycles. The van der Waals surface area contributed by atoms with Gasteiger partial charge in [-0.05, 0) is 44.5 Å². The minimum atomic E-state index is -2.72. The fourth-order valence-electron chi connectivity index (χ4n) is 3.46. The molecule has 154 valence electrons. The molecule has 2 fully saturated rings. The first-order valence-corrected chi connectivity index (χ1v) is 9.90. The van der Waals surface area contributed by atoms with Crippen LogP contribution in [0, 0.1) is 11.3 Å². The molecule has 0 spiro atoms. The minimum absolute atomic E-state index is 0.00839. The summed E-state index contributed by atoms with van der Waals surface area (Å²) >= 11 is 5.99. The Balaban J connectivity index is 0.00000126. The Bertz CT molecular complexity index is 634. The maximum atomic E-state index is 13.8. The number of alkyl halides is 2. The first-order chi connectivity index (χ1) is 12.7. The summed E-state index contributed by atoms with van der Waals surface area (Å²) in [5.41, 5.74) is -1.19. The van der Waals surface area contributed by atoms with Crippen molar-refractivity contribution in [1.82, 2.24) is 19.9 Å². The van der Waals surface area contributed by atoms with Gasteiger partial charge in [-0.25, -0.2) is 8.78 Å². The van der Waals surface area contributed by atoms with Gasteiger partial charge < -0.3 is 14.5 Å². The van der Waals surface area contributed by atoms with Crippen molar-refractivity contribution >= 4 is 17.5 Å². The van der Waals surface area contributed by atoms with Gasteiger partial charge in [0.25, 0.3) is 5.92 Å². The lowest BCUT2D eigenvalue weighted by atomic mass is 10.0. The molecule has 0 aromatic carbocycles. The lowest BCUT2D eigenvalue weighted by Gasteiger charge is -2.30.